The van der Waals surface area contributed by atoms with Crippen molar-refractivity contribution < 1.29 is 18.7 Å². The zero-order valence-electron chi connectivity index (χ0n) is 20.7. The minimum absolute atomic E-state index is 0.234. The number of esters is 1. The maximum absolute atomic E-state index is 13.5. The first-order valence-corrected chi connectivity index (χ1v) is 13.7. The lowest BCUT2D eigenvalue weighted by molar-refractivity contribution is -0.149. The Bertz CT molecular complexity index is 1790. The van der Waals surface area contributed by atoms with Crippen LogP contribution in [0.3, 0.4) is 0 Å². The Kier molecular flexibility index (Phi) is 7.88. The van der Waals surface area contributed by atoms with Crippen molar-refractivity contribution in [2.75, 3.05) is 6.61 Å². The van der Waals surface area contributed by atoms with Gasteiger partial charge in [-0.1, -0.05) is 23.7 Å². The van der Waals surface area contributed by atoms with E-state index in [-0.39, 0.29) is 24.1 Å². The normalized spacial score (nSPS) is 11.6. The minimum atomic E-state index is -0.474. The van der Waals surface area contributed by atoms with Crippen LogP contribution in [0.1, 0.15) is 19.4 Å². The lowest BCUT2D eigenvalue weighted by Gasteiger charge is -2.12. The van der Waals surface area contributed by atoms with Gasteiger partial charge in [-0.25, -0.2) is 9.78 Å². The highest BCUT2D eigenvalue weighted by Gasteiger charge is 2.17. The van der Waals surface area contributed by atoms with Crippen molar-refractivity contribution in [3.8, 4) is 17.3 Å². The lowest BCUT2D eigenvalue weighted by Crippen LogP contribution is -2.20. The summed E-state index contributed by atoms with van der Waals surface area (Å²) in [6.07, 6.45) is 1.29. The largest absolute Gasteiger partial charge is 0.480 e. The van der Waals surface area contributed by atoms with E-state index in [2.05, 4.69) is 41.9 Å². The molecule has 39 heavy (non-hydrogen) atoms. The van der Waals surface area contributed by atoms with Gasteiger partial charge in [-0.3, -0.25) is 4.79 Å². The summed E-state index contributed by atoms with van der Waals surface area (Å²) in [5.74, 6) is 0.563. The van der Waals surface area contributed by atoms with Gasteiger partial charge in [-0.2, -0.15) is 9.78 Å². The molecule has 0 amide bonds. The van der Waals surface area contributed by atoms with E-state index in [1.54, 1.807) is 68.4 Å². The Morgan fingerprint density at radius 2 is 1.87 bits per heavy atom. The molecule has 11 heteroatoms. The number of halogens is 3. The second-order valence-electron chi connectivity index (χ2n) is 8.75. The number of rotatable bonds is 7. The first kappa shape index (κ1) is 27.1. The van der Waals surface area contributed by atoms with Gasteiger partial charge in [0.15, 0.2) is 12.4 Å². The summed E-state index contributed by atoms with van der Waals surface area (Å²) in [4.78, 5) is 30.0. The number of carbonyl (C=O) groups excluding carboxylic acids is 1. The molecule has 0 fully saturated rings. The number of hydrogen-bond acceptors (Lipinski definition) is 7. The molecule has 0 radical (unpaired) electrons. The van der Waals surface area contributed by atoms with Gasteiger partial charge in [0.25, 0.3) is 5.56 Å². The van der Waals surface area contributed by atoms with E-state index < -0.39 is 5.97 Å². The molecule has 2 heterocycles. The van der Waals surface area contributed by atoms with Crippen LogP contribution in [0.15, 0.2) is 83.9 Å². The predicted octanol–water partition coefficient (Wildman–Crippen LogP) is 7.20. The summed E-state index contributed by atoms with van der Waals surface area (Å²) in [5.41, 5.74) is 1.42. The number of nitrogens with zero attached hydrogens (tertiary/aromatic N) is 3. The number of furan rings is 1. The molecule has 0 saturated carbocycles. The third kappa shape index (κ3) is 5.93. The van der Waals surface area contributed by atoms with E-state index in [1.165, 1.54) is 10.9 Å². The summed E-state index contributed by atoms with van der Waals surface area (Å²) in [6.45, 7) is 3.29. The lowest BCUT2D eigenvalue weighted by atomic mass is 10.2. The van der Waals surface area contributed by atoms with Crippen LogP contribution in [0, 0.1) is 0 Å². The van der Waals surface area contributed by atoms with E-state index in [4.69, 9.17) is 25.5 Å². The fraction of sp³-hybridized carbons (Fsp3) is 0.143. The smallest absolute Gasteiger partial charge is 0.344 e. The van der Waals surface area contributed by atoms with Crippen LogP contribution in [0.4, 0.5) is 0 Å². The highest BCUT2D eigenvalue weighted by Crippen LogP contribution is 2.35. The molecule has 0 saturated heterocycles. The van der Waals surface area contributed by atoms with Gasteiger partial charge < -0.3 is 13.9 Å². The Morgan fingerprint density at radius 1 is 1.13 bits per heavy atom. The van der Waals surface area contributed by atoms with Crippen LogP contribution in [-0.4, -0.2) is 34.6 Å². The SMILES string of the molecule is CC(C)OC(=O)COc1c(Br)cc(C=Nn2c(-c3cc4cc(Cl)ccc4o3)nc3ccccc3c2=O)cc1Br. The van der Waals surface area contributed by atoms with Gasteiger partial charge in [0.2, 0.25) is 5.82 Å². The molecule has 8 nitrogen and oxygen atoms in total. The minimum Gasteiger partial charge on any atom is -0.480 e. The van der Waals surface area contributed by atoms with Crippen LogP contribution >= 0.6 is 43.5 Å². The summed E-state index contributed by atoms with van der Waals surface area (Å²) < 4.78 is 19.1. The van der Waals surface area contributed by atoms with Gasteiger partial charge in [0.05, 0.1) is 32.2 Å². The number of para-hydroxylation sites is 1. The van der Waals surface area contributed by atoms with Gasteiger partial charge >= 0.3 is 5.97 Å². The maximum atomic E-state index is 13.5. The van der Waals surface area contributed by atoms with Crippen molar-refractivity contribution >= 4 is 77.5 Å². The fourth-order valence-corrected chi connectivity index (χ4v) is 5.49. The quantitative estimate of drug-likeness (QED) is 0.134. The van der Waals surface area contributed by atoms with Crippen molar-refractivity contribution in [1.29, 1.82) is 0 Å². The molecule has 0 bridgehead atoms. The molecule has 0 N–H and O–H groups in total. The molecule has 0 aliphatic carbocycles. The van der Waals surface area contributed by atoms with E-state index >= 15 is 0 Å². The van der Waals surface area contributed by atoms with Crippen LogP contribution < -0.4 is 10.3 Å². The summed E-state index contributed by atoms with van der Waals surface area (Å²) in [5, 5.41) is 6.24. The van der Waals surface area contributed by atoms with E-state index in [0.29, 0.717) is 47.5 Å². The Morgan fingerprint density at radius 3 is 2.62 bits per heavy atom. The van der Waals surface area contributed by atoms with Crippen LogP contribution in [0.25, 0.3) is 33.5 Å². The molecule has 5 rings (SSSR count). The van der Waals surface area contributed by atoms with E-state index in [9.17, 15) is 9.59 Å². The van der Waals surface area contributed by atoms with Crippen LogP contribution in [-0.2, 0) is 9.53 Å². The third-order valence-corrected chi connectivity index (χ3v) is 6.91. The van der Waals surface area contributed by atoms with Crippen molar-refractivity contribution in [3.63, 3.8) is 0 Å². The number of benzene rings is 3. The Balaban J connectivity index is 1.53. The van der Waals surface area contributed by atoms with Crippen molar-refractivity contribution in [1.82, 2.24) is 9.66 Å². The molecular weight excluding hydrogens is 654 g/mol. The second kappa shape index (κ2) is 11.3. The molecule has 2 aromatic heterocycles. The van der Waals surface area contributed by atoms with E-state index in [0.717, 1.165) is 5.39 Å². The topological polar surface area (TPSA) is 95.9 Å². The second-order valence-corrected chi connectivity index (χ2v) is 10.9. The van der Waals surface area contributed by atoms with Crippen molar-refractivity contribution in [2.45, 2.75) is 20.0 Å². The summed E-state index contributed by atoms with van der Waals surface area (Å²) >= 11 is 13.1. The maximum Gasteiger partial charge on any atom is 0.344 e. The highest BCUT2D eigenvalue weighted by molar-refractivity contribution is 9.11. The van der Waals surface area contributed by atoms with Crippen LogP contribution in [0.2, 0.25) is 5.02 Å². The van der Waals surface area contributed by atoms with Gasteiger partial charge in [0, 0.05) is 10.4 Å². The van der Waals surface area contributed by atoms with Crippen molar-refractivity contribution in [3.05, 3.63) is 90.5 Å². The monoisotopic (exact) mass is 671 g/mol. The fourth-order valence-electron chi connectivity index (χ4n) is 3.86. The molecule has 0 aliphatic rings. The average molecular weight is 674 g/mol. The molecule has 5 aromatic rings. The van der Waals surface area contributed by atoms with Gasteiger partial charge in [0.1, 0.15) is 11.3 Å². The molecular formula is C28H20Br2ClN3O5. The Labute approximate surface area is 244 Å². The number of hydrogen-bond donors (Lipinski definition) is 0. The van der Waals surface area contributed by atoms with Gasteiger partial charge in [-0.05, 0) is 99.8 Å². The first-order valence-electron chi connectivity index (χ1n) is 11.8. The average Bonchev–Trinajstić information content (AvgIpc) is 3.30. The van der Waals surface area contributed by atoms with Gasteiger partial charge in [-0.15, -0.1) is 0 Å². The Hall–Kier alpha value is -3.47. The molecule has 0 atom stereocenters. The zero-order valence-corrected chi connectivity index (χ0v) is 24.6. The van der Waals surface area contributed by atoms with Crippen molar-refractivity contribution in [2.24, 2.45) is 5.10 Å². The molecule has 3 aromatic carbocycles. The van der Waals surface area contributed by atoms with E-state index in [1.807, 2.05) is 6.07 Å². The molecule has 0 aliphatic heterocycles. The number of aromatic nitrogens is 2. The zero-order chi connectivity index (χ0) is 27.7. The third-order valence-electron chi connectivity index (χ3n) is 5.50. The summed E-state index contributed by atoms with van der Waals surface area (Å²) in [7, 11) is 0. The first-order chi connectivity index (χ1) is 18.7. The molecule has 0 unspecified atom stereocenters. The number of ether oxygens (including phenoxy) is 2. The predicted molar refractivity (Wildman–Crippen MR) is 158 cm³/mol. The summed E-state index contributed by atoms with van der Waals surface area (Å²) in [6, 6.07) is 17.6. The number of carbonyl (C=O) groups is 1. The molecule has 198 valence electrons. The molecule has 0 spiro atoms. The van der Waals surface area contributed by atoms with Crippen LogP contribution in [0.5, 0.6) is 5.75 Å². The highest BCUT2D eigenvalue weighted by atomic mass is 79.9. The standard InChI is InChI=1S/C28H20Br2ClN3O5/c1-15(2)38-25(35)14-37-26-20(29)9-16(10-21(26)30)13-32-34-27(33-22-6-4-3-5-19(22)28(34)36)24-12-17-11-18(31)7-8-23(17)39-24/h3-13,15H,14H2,1-2H3. The number of fused-ring (bicyclic) bond motifs is 2.